The van der Waals surface area contributed by atoms with Gasteiger partial charge in [0.15, 0.2) is 0 Å². The summed E-state index contributed by atoms with van der Waals surface area (Å²) in [5, 5.41) is 5.44. The van der Waals surface area contributed by atoms with Gasteiger partial charge in [-0.15, -0.1) is 0 Å². The van der Waals surface area contributed by atoms with Crippen LogP contribution in [0.3, 0.4) is 0 Å². The first-order valence-corrected chi connectivity index (χ1v) is 8.26. The lowest BCUT2D eigenvalue weighted by Gasteiger charge is -2.31. The molecule has 136 valence electrons. The minimum absolute atomic E-state index is 0.176. The normalized spacial score (nSPS) is 19.0. The van der Waals surface area contributed by atoms with Gasteiger partial charge in [-0.1, -0.05) is 32.9 Å². The topological polar surface area (TPSA) is 76.7 Å². The number of ether oxygens (including phenoxy) is 2. The molecule has 0 spiro atoms. The van der Waals surface area contributed by atoms with Crippen LogP contribution < -0.4 is 15.4 Å². The van der Waals surface area contributed by atoms with Gasteiger partial charge in [-0.3, -0.25) is 0 Å². The maximum atomic E-state index is 12.8. The van der Waals surface area contributed by atoms with E-state index in [4.69, 9.17) is 9.47 Å². The Morgan fingerprint density at radius 1 is 1.20 bits per heavy atom. The van der Waals surface area contributed by atoms with Gasteiger partial charge in [0.2, 0.25) is 0 Å². The summed E-state index contributed by atoms with van der Waals surface area (Å²) in [5.41, 5.74) is 1.51. The Morgan fingerprint density at radius 3 is 2.32 bits per heavy atom. The number of allylic oxidation sites excluding steroid dienone is 1. The number of hydrogen-bond acceptors (Lipinski definition) is 4. The second kappa shape index (κ2) is 7.17. The number of nitrogens with one attached hydrogen (secondary N) is 2. The first-order valence-electron chi connectivity index (χ1n) is 8.26. The van der Waals surface area contributed by atoms with E-state index in [1.165, 1.54) is 0 Å². The van der Waals surface area contributed by atoms with Gasteiger partial charge in [0.25, 0.3) is 0 Å². The third kappa shape index (κ3) is 4.32. The highest BCUT2D eigenvalue weighted by molar-refractivity contribution is 5.95. The highest BCUT2D eigenvalue weighted by Gasteiger charge is 2.34. The number of methoxy groups -OCH3 is 1. The van der Waals surface area contributed by atoms with E-state index in [-0.39, 0.29) is 17.6 Å². The molecule has 1 aromatic carbocycles. The number of amides is 2. The predicted molar refractivity (Wildman–Crippen MR) is 95.1 cm³/mol. The zero-order valence-corrected chi connectivity index (χ0v) is 15.6. The maximum Gasteiger partial charge on any atom is 0.338 e. The first-order chi connectivity index (χ1) is 11.6. The molecule has 1 aliphatic heterocycles. The number of hydrogen-bond donors (Lipinski definition) is 2. The molecule has 6 heteroatoms. The van der Waals surface area contributed by atoms with Crippen molar-refractivity contribution in [1.82, 2.24) is 10.6 Å². The van der Waals surface area contributed by atoms with E-state index in [0.717, 1.165) is 5.56 Å². The van der Waals surface area contributed by atoms with Crippen molar-refractivity contribution in [3.05, 3.63) is 41.1 Å². The molecule has 0 aromatic heterocycles. The van der Waals surface area contributed by atoms with Crippen LogP contribution in [0.4, 0.5) is 4.79 Å². The van der Waals surface area contributed by atoms with Gasteiger partial charge in [-0.2, -0.15) is 0 Å². The van der Waals surface area contributed by atoms with Crippen LogP contribution in [-0.4, -0.2) is 25.2 Å². The summed E-state index contributed by atoms with van der Waals surface area (Å²) in [6.07, 6.45) is -0.269. The zero-order chi connectivity index (χ0) is 18.8. The van der Waals surface area contributed by atoms with E-state index >= 15 is 0 Å². The molecular weight excluding hydrogens is 320 g/mol. The molecule has 25 heavy (non-hydrogen) atoms. The lowest BCUT2D eigenvalue weighted by molar-refractivity contribution is -0.149. The fourth-order valence-corrected chi connectivity index (χ4v) is 2.41. The van der Waals surface area contributed by atoms with E-state index < -0.39 is 12.0 Å². The van der Waals surface area contributed by atoms with Crippen LogP contribution in [-0.2, 0) is 9.53 Å². The molecule has 2 N–H and O–H groups in total. The minimum Gasteiger partial charge on any atom is -0.497 e. The van der Waals surface area contributed by atoms with Gasteiger partial charge in [0.1, 0.15) is 11.9 Å². The summed E-state index contributed by atoms with van der Waals surface area (Å²) in [4.78, 5) is 24.7. The number of benzene rings is 1. The molecule has 2 atom stereocenters. The van der Waals surface area contributed by atoms with Crippen molar-refractivity contribution in [2.75, 3.05) is 7.11 Å². The Balaban J connectivity index is 2.34. The lowest BCUT2D eigenvalue weighted by atomic mass is 9.90. The van der Waals surface area contributed by atoms with Crippen molar-refractivity contribution in [3.8, 4) is 5.75 Å². The number of carbonyl (C=O) groups excluding carboxylic acids is 2. The van der Waals surface area contributed by atoms with Crippen molar-refractivity contribution in [2.45, 2.75) is 46.8 Å². The van der Waals surface area contributed by atoms with Crippen LogP contribution in [0.5, 0.6) is 5.75 Å². The SMILES string of the molecule is COc1ccc([C@H]2NC(=O)NC(C)=C2C(=O)O[C@H](C)C(C)(C)C)cc1. The van der Waals surface area contributed by atoms with Gasteiger partial charge in [0.05, 0.1) is 18.7 Å². The van der Waals surface area contributed by atoms with E-state index in [1.54, 1.807) is 26.2 Å². The summed E-state index contributed by atoms with van der Waals surface area (Å²) >= 11 is 0. The molecule has 0 bridgehead atoms. The second-order valence-electron chi connectivity index (χ2n) is 7.26. The molecule has 0 saturated carbocycles. The molecule has 2 rings (SSSR count). The van der Waals surface area contributed by atoms with Crippen molar-refractivity contribution in [2.24, 2.45) is 5.41 Å². The molecule has 0 radical (unpaired) electrons. The third-order valence-corrected chi connectivity index (χ3v) is 4.44. The Labute approximate surface area is 148 Å². The van der Waals surface area contributed by atoms with E-state index in [1.807, 2.05) is 39.8 Å². The fraction of sp³-hybridized carbons (Fsp3) is 0.474. The van der Waals surface area contributed by atoms with Crippen molar-refractivity contribution in [3.63, 3.8) is 0 Å². The van der Waals surface area contributed by atoms with Crippen LogP contribution in [0.1, 0.15) is 46.2 Å². The zero-order valence-electron chi connectivity index (χ0n) is 15.6. The summed E-state index contributed by atoms with van der Waals surface area (Å²) < 4.78 is 10.8. The molecule has 1 aliphatic rings. The van der Waals surface area contributed by atoms with Crippen molar-refractivity contribution >= 4 is 12.0 Å². The summed E-state index contributed by atoms with van der Waals surface area (Å²) in [7, 11) is 1.59. The Kier molecular flexibility index (Phi) is 5.40. The molecule has 2 amide bonds. The highest BCUT2D eigenvalue weighted by atomic mass is 16.5. The third-order valence-electron chi connectivity index (χ3n) is 4.44. The highest BCUT2D eigenvalue weighted by Crippen LogP contribution is 2.30. The number of carbonyl (C=O) groups is 2. The first kappa shape index (κ1) is 18.8. The molecule has 1 heterocycles. The monoisotopic (exact) mass is 346 g/mol. The molecule has 0 saturated heterocycles. The average Bonchev–Trinajstić information content (AvgIpc) is 2.53. The Hall–Kier alpha value is -2.50. The van der Waals surface area contributed by atoms with Crippen LogP contribution >= 0.6 is 0 Å². The molecule has 0 fully saturated rings. The number of rotatable bonds is 4. The van der Waals surface area contributed by atoms with E-state index in [9.17, 15) is 9.59 Å². The van der Waals surface area contributed by atoms with Crippen LogP contribution in [0.15, 0.2) is 35.5 Å². The summed E-state index contributed by atoms with van der Waals surface area (Å²) in [5.74, 6) is 0.267. The average molecular weight is 346 g/mol. The number of urea groups is 1. The molecular formula is C19H26N2O4. The lowest BCUT2D eigenvalue weighted by Crippen LogP contribution is -2.46. The molecule has 1 aromatic rings. The van der Waals surface area contributed by atoms with Crippen LogP contribution in [0, 0.1) is 5.41 Å². The summed E-state index contributed by atoms with van der Waals surface area (Å²) in [6.45, 7) is 9.59. The largest absolute Gasteiger partial charge is 0.497 e. The Bertz CT molecular complexity index is 686. The van der Waals surface area contributed by atoms with E-state index in [2.05, 4.69) is 10.6 Å². The quantitative estimate of drug-likeness (QED) is 0.820. The van der Waals surface area contributed by atoms with Crippen LogP contribution in [0.25, 0.3) is 0 Å². The van der Waals surface area contributed by atoms with Crippen molar-refractivity contribution in [1.29, 1.82) is 0 Å². The smallest absolute Gasteiger partial charge is 0.338 e. The van der Waals surface area contributed by atoms with Crippen molar-refractivity contribution < 1.29 is 19.1 Å². The maximum absolute atomic E-state index is 12.8. The van der Waals surface area contributed by atoms with Gasteiger partial charge in [-0.25, -0.2) is 9.59 Å². The number of esters is 1. The standard InChI is InChI=1S/C19H26N2O4/c1-11-15(17(22)25-12(2)19(3,4)5)16(21-18(23)20-11)13-7-9-14(24-6)10-8-13/h7-10,12,16H,1-6H3,(H2,20,21,23)/t12-,16-/m1/s1. The van der Waals surface area contributed by atoms with Gasteiger partial charge >= 0.3 is 12.0 Å². The molecule has 0 unspecified atom stereocenters. The second-order valence-corrected chi connectivity index (χ2v) is 7.26. The predicted octanol–water partition coefficient (Wildman–Crippen LogP) is 3.30. The van der Waals surface area contributed by atoms with Gasteiger partial charge < -0.3 is 20.1 Å². The van der Waals surface area contributed by atoms with Gasteiger partial charge in [0, 0.05) is 5.70 Å². The minimum atomic E-state index is -0.570. The molecule has 6 nitrogen and oxygen atoms in total. The van der Waals surface area contributed by atoms with E-state index in [0.29, 0.717) is 17.0 Å². The van der Waals surface area contributed by atoms with Crippen LogP contribution in [0.2, 0.25) is 0 Å². The van der Waals surface area contributed by atoms with Gasteiger partial charge in [-0.05, 0) is 37.0 Å². The fourth-order valence-electron chi connectivity index (χ4n) is 2.41. The Morgan fingerprint density at radius 2 is 1.80 bits per heavy atom. The molecule has 0 aliphatic carbocycles. The summed E-state index contributed by atoms with van der Waals surface area (Å²) in [6, 6.07) is 6.31.